The Bertz CT molecular complexity index is 225. The van der Waals surface area contributed by atoms with Gasteiger partial charge in [-0.1, -0.05) is 0 Å². The van der Waals surface area contributed by atoms with Crippen molar-refractivity contribution in [2.24, 2.45) is 5.92 Å². The molecule has 1 unspecified atom stereocenters. The number of carbonyl (C=O) groups is 2. The zero-order valence-corrected chi connectivity index (χ0v) is 9.14. The van der Waals surface area contributed by atoms with Crippen molar-refractivity contribution in [2.45, 2.75) is 19.8 Å². The van der Waals surface area contributed by atoms with Gasteiger partial charge in [0.05, 0.1) is 12.5 Å². The maximum atomic E-state index is 11.6. The summed E-state index contributed by atoms with van der Waals surface area (Å²) in [5.41, 5.74) is 0. The van der Waals surface area contributed by atoms with Crippen LogP contribution in [-0.2, 0) is 9.59 Å². The molecule has 0 aliphatic carbocycles. The molecule has 5 nitrogen and oxygen atoms in total. The molecule has 0 bridgehead atoms. The van der Waals surface area contributed by atoms with Gasteiger partial charge >= 0.3 is 0 Å². The Morgan fingerprint density at radius 2 is 2.20 bits per heavy atom. The lowest BCUT2D eigenvalue weighted by Gasteiger charge is -2.21. The lowest BCUT2D eigenvalue weighted by molar-refractivity contribution is -0.128. The minimum absolute atomic E-state index is 0.0200. The molecule has 0 aromatic heterocycles. The summed E-state index contributed by atoms with van der Waals surface area (Å²) in [5.74, 6) is -0.128. The van der Waals surface area contributed by atoms with Gasteiger partial charge in [-0.25, -0.2) is 0 Å². The fraction of sp³-hybridized carbons (Fsp3) is 0.800. The number of hydrogen-bond donors (Lipinski definition) is 3. The number of likely N-dealkylation sites (N-methyl/N-ethyl adjacent to an activating group) is 1. The minimum atomic E-state index is -0.130. The van der Waals surface area contributed by atoms with E-state index in [9.17, 15) is 9.59 Å². The highest BCUT2D eigenvalue weighted by atomic mass is 16.2. The van der Waals surface area contributed by atoms with E-state index in [1.54, 1.807) is 0 Å². The third kappa shape index (κ3) is 4.29. The molecule has 0 aromatic rings. The number of piperidine rings is 1. The topological polar surface area (TPSA) is 70.2 Å². The monoisotopic (exact) mass is 213 g/mol. The van der Waals surface area contributed by atoms with E-state index in [1.807, 2.05) is 6.92 Å². The van der Waals surface area contributed by atoms with Gasteiger partial charge in [-0.2, -0.15) is 0 Å². The summed E-state index contributed by atoms with van der Waals surface area (Å²) in [6.07, 6.45) is 1.94. The molecule has 1 fully saturated rings. The first-order valence-corrected chi connectivity index (χ1v) is 5.49. The van der Waals surface area contributed by atoms with Gasteiger partial charge in [0.15, 0.2) is 0 Å². The Kier molecular flexibility index (Phi) is 5.10. The number of rotatable bonds is 4. The van der Waals surface area contributed by atoms with Gasteiger partial charge in [0.1, 0.15) is 0 Å². The molecule has 1 aliphatic rings. The maximum absolute atomic E-state index is 11.6. The van der Waals surface area contributed by atoms with Gasteiger partial charge < -0.3 is 16.0 Å². The summed E-state index contributed by atoms with van der Waals surface area (Å²) in [4.78, 5) is 22.7. The minimum Gasteiger partial charge on any atom is -0.355 e. The van der Waals surface area contributed by atoms with Crippen LogP contribution in [0, 0.1) is 5.92 Å². The van der Waals surface area contributed by atoms with E-state index in [1.165, 1.54) is 0 Å². The normalized spacial score (nSPS) is 20.7. The quantitative estimate of drug-likeness (QED) is 0.575. The first kappa shape index (κ1) is 12.0. The molecule has 0 aromatic carbocycles. The second-order valence-electron chi connectivity index (χ2n) is 3.71. The molecule has 1 heterocycles. The van der Waals surface area contributed by atoms with Crippen molar-refractivity contribution in [3.8, 4) is 0 Å². The van der Waals surface area contributed by atoms with Gasteiger partial charge in [0.2, 0.25) is 11.8 Å². The Morgan fingerprint density at radius 3 is 2.80 bits per heavy atom. The van der Waals surface area contributed by atoms with Crippen LogP contribution >= 0.6 is 0 Å². The fourth-order valence-electron chi connectivity index (χ4n) is 1.65. The highest BCUT2D eigenvalue weighted by Crippen LogP contribution is 2.09. The second-order valence-corrected chi connectivity index (χ2v) is 3.71. The van der Waals surface area contributed by atoms with Crippen LogP contribution in [0.15, 0.2) is 0 Å². The summed E-state index contributed by atoms with van der Waals surface area (Å²) in [6.45, 7) is 4.25. The molecule has 1 saturated heterocycles. The highest BCUT2D eigenvalue weighted by Gasteiger charge is 2.20. The van der Waals surface area contributed by atoms with Crippen molar-refractivity contribution in [3.05, 3.63) is 0 Å². The van der Waals surface area contributed by atoms with E-state index < -0.39 is 0 Å². The van der Waals surface area contributed by atoms with Crippen molar-refractivity contribution >= 4 is 11.8 Å². The van der Waals surface area contributed by atoms with Crippen molar-refractivity contribution in [2.75, 3.05) is 26.2 Å². The Morgan fingerprint density at radius 1 is 1.40 bits per heavy atom. The molecular weight excluding hydrogens is 194 g/mol. The van der Waals surface area contributed by atoms with Crippen molar-refractivity contribution in [1.82, 2.24) is 16.0 Å². The average molecular weight is 213 g/mol. The Labute approximate surface area is 90.0 Å². The molecular formula is C10H19N3O2. The van der Waals surface area contributed by atoms with E-state index in [-0.39, 0.29) is 24.3 Å². The largest absolute Gasteiger partial charge is 0.355 e. The zero-order chi connectivity index (χ0) is 11.1. The smallest absolute Gasteiger partial charge is 0.239 e. The van der Waals surface area contributed by atoms with Crippen LogP contribution in [0.5, 0.6) is 0 Å². The van der Waals surface area contributed by atoms with E-state index in [2.05, 4.69) is 16.0 Å². The van der Waals surface area contributed by atoms with Gasteiger partial charge in [-0.05, 0) is 26.3 Å². The van der Waals surface area contributed by atoms with Crippen molar-refractivity contribution in [1.29, 1.82) is 0 Å². The van der Waals surface area contributed by atoms with Crippen LogP contribution in [0.1, 0.15) is 19.8 Å². The third-order valence-corrected chi connectivity index (χ3v) is 2.46. The maximum Gasteiger partial charge on any atom is 0.239 e. The molecule has 0 radical (unpaired) electrons. The van der Waals surface area contributed by atoms with E-state index in [0.29, 0.717) is 6.54 Å². The van der Waals surface area contributed by atoms with E-state index in [4.69, 9.17) is 0 Å². The third-order valence-electron chi connectivity index (χ3n) is 2.46. The number of amides is 2. The van der Waals surface area contributed by atoms with Crippen LogP contribution in [0.4, 0.5) is 0 Å². The summed E-state index contributed by atoms with van der Waals surface area (Å²) < 4.78 is 0. The molecule has 86 valence electrons. The number of hydrogen-bond acceptors (Lipinski definition) is 3. The van der Waals surface area contributed by atoms with Gasteiger partial charge in [-0.15, -0.1) is 0 Å². The highest BCUT2D eigenvalue weighted by molar-refractivity contribution is 5.85. The molecule has 3 N–H and O–H groups in total. The van der Waals surface area contributed by atoms with Crippen molar-refractivity contribution in [3.63, 3.8) is 0 Å². The predicted molar refractivity (Wildman–Crippen MR) is 57.3 cm³/mol. The summed E-state index contributed by atoms with van der Waals surface area (Å²) in [5, 5.41) is 8.45. The van der Waals surface area contributed by atoms with Crippen LogP contribution < -0.4 is 16.0 Å². The molecule has 1 atom stereocenters. The van der Waals surface area contributed by atoms with Crippen LogP contribution in [0.25, 0.3) is 0 Å². The van der Waals surface area contributed by atoms with Crippen LogP contribution in [0.3, 0.4) is 0 Å². The number of carbonyl (C=O) groups excluding carboxylic acids is 2. The first-order chi connectivity index (χ1) is 7.24. The molecule has 5 heteroatoms. The average Bonchev–Trinajstić information content (AvgIpc) is 2.27. The van der Waals surface area contributed by atoms with Gasteiger partial charge in [-0.3, -0.25) is 9.59 Å². The van der Waals surface area contributed by atoms with Crippen LogP contribution in [-0.4, -0.2) is 38.0 Å². The predicted octanol–water partition coefficient (Wildman–Crippen LogP) is -0.762. The second kappa shape index (κ2) is 6.40. The van der Waals surface area contributed by atoms with Gasteiger partial charge in [0.25, 0.3) is 0 Å². The van der Waals surface area contributed by atoms with E-state index >= 15 is 0 Å². The molecule has 15 heavy (non-hydrogen) atoms. The molecule has 2 amide bonds. The SMILES string of the molecule is CCNC(=O)CNC(=O)C1CCCNC1. The molecule has 0 spiro atoms. The van der Waals surface area contributed by atoms with Crippen molar-refractivity contribution < 1.29 is 9.59 Å². The molecule has 1 rings (SSSR count). The molecule has 0 saturated carbocycles. The number of nitrogens with one attached hydrogen (secondary N) is 3. The summed E-state index contributed by atoms with van der Waals surface area (Å²) in [6, 6.07) is 0. The summed E-state index contributed by atoms with van der Waals surface area (Å²) in [7, 11) is 0. The Balaban J connectivity index is 2.19. The molecule has 1 aliphatic heterocycles. The first-order valence-electron chi connectivity index (χ1n) is 5.49. The van der Waals surface area contributed by atoms with E-state index in [0.717, 1.165) is 25.9 Å². The standard InChI is InChI=1S/C10H19N3O2/c1-2-12-9(14)7-13-10(15)8-4-3-5-11-6-8/h8,11H,2-7H2,1H3,(H,12,14)(H,13,15). The Hall–Kier alpha value is -1.10. The van der Waals surface area contributed by atoms with Gasteiger partial charge in [0, 0.05) is 13.1 Å². The fourth-order valence-corrected chi connectivity index (χ4v) is 1.65. The summed E-state index contributed by atoms with van der Waals surface area (Å²) >= 11 is 0. The lowest BCUT2D eigenvalue weighted by Crippen LogP contribution is -2.44. The van der Waals surface area contributed by atoms with Crippen LogP contribution in [0.2, 0.25) is 0 Å². The zero-order valence-electron chi connectivity index (χ0n) is 9.14. The lowest BCUT2D eigenvalue weighted by atomic mass is 9.99.